The lowest BCUT2D eigenvalue weighted by Crippen LogP contribution is -2.34. The number of aliphatic hydroxyl groups is 2. The highest BCUT2D eigenvalue weighted by Gasteiger charge is 2.25. The highest BCUT2D eigenvalue weighted by atomic mass is 35.5. The van der Waals surface area contributed by atoms with E-state index in [1.807, 2.05) is 42.5 Å². The number of para-hydroxylation sites is 3. The molecular weight excluding hydrogens is 1820 g/mol. The number of hydrogen-bond acceptors (Lipinski definition) is 28. The number of ether oxygens (including phenoxy) is 4. The SMILES string of the molecule is Cc1cccc(C)c1OCC(C)NCCCCCCCCNCc1nc(N)nc(N)c1-c1cccc(Cl)c1Cl.Cc1cccc(C)c1OCC(C)NCCCNCc1nc(N)nc(N)c1-c1cccc(Cl)c1Cl.Cc1cccc(C)c1OCC(C)NCCCOCCCNCc1nc(N)nc(N)c1-c1cccc(Cl)c1Cl.Nc1nc(N)c(-c2cccc(Cl)c2Cl)c(C(O)O)n1. The van der Waals surface area contributed by atoms with Crippen LogP contribution in [0.5, 0.6) is 17.2 Å². The number of hydrogen-bond donors (Lipinski definition) is 16. The van der Waals surface area contributed by atoms with Crippen LogP contribution in [0.2, 0.25) is 40.2 Å². The lowest BCUT2D eigenvalue weighted by molar-refractivity contribution is -0.0452. The van der Waals surface area contributed by atoms with Crippen molar-refractivity contribution in [3.8, 4) is 61.8 Å². The molecule has 7 aromatic carbocycles. The zero-order valence-corrected chi connectivity index (χ0v) is 81.0. The monoisotopic (exact) mass is 1930 g/mol. The molecule has 0 aliphatic heterocycles. The first-order valence-corrected chi connectivity index (χ1v) is 46.1. The molecule has 28 nitrogen and oxygen atoms in total. The van der Waals surface area contributed by atoms with Crippen LogP contribution >= 0.6 is 92.8 Å². The van der Waals surface area contributed by atoms with Gasteiger partial charge in [-0.1, -0.05) is 222 Å². The average Bonchev–Trinajstić information content (AvgIpc) is 0.784. The molecule has 3 unspecified atom stereocenters. The van der Waals surface area contributed by atoms with Crippen molar-refractivity contribution in [1.29, 1.82) is 0 Å². The van der Waals surface area contributed by atoms with Crippen LogP contribution in [0.15, 0.2) is 127 Å². The standard InChI is InChI=1S/C30H42Cl2N6O.C28H38Cl2N6O2.C25H32Cl2N6O.C11H10Cl2N4O2/c1-20-12-10-13-21(2)28(20)39-19-22(3)36-17-9-7-5-4-6-8-16-35-18-25-26(29(33)38-30(34)37-25)23-14-11-15-24(31)27(23)32;1-18-8-4-9-19(2)26(18)38-17-20(3)34-13-7-15-37-14-6-12-33-16-23-24(27(31)36-28(32)35-23)21-10-5-11-22(29)25(21)30;1-15-7-4-8-16(2)23(15)34-14-17(3)31-12-6-11-30-13-20-21(24(28)33-25(29)32-20)18-9-5-10-19(26)22(18)27;12-5-3-1-2-4(7(5)13)6-8(10(18)19)16-11(15)17-9(6)14/h10-15,22,35-36H,4-9,16-19H2,1-3H3,(H4,33,34,37,38);4-5,8-11,20,33-34H,6-7,12-17H2,1-3H3,(H4,31,32,35,36);4-5,7-10,17,30-31H,6,11-14H2,1-3H3,(H4,28,29,32,33);1-3,10,18-19H,(H4,14,15,16,17). The average molecular weight is 1940 g/mol. The van der Waals surface area contributed by atoms with Gasteiger partial charge in [0.15, 0.2) is 6.29 Å². The fourth-order valence-electron chi connectivity index (χ4n) is 14.1. The van der Waals surface area contributed by atoms with Gasteiger partial charge in [-0.2, -0.15) is 19.9 Å². The molecule has 0 spiro atoms. The largest absolute Gasteiger partial charge is 0.491 e. The third-order valence-electron chi connectivity index (χ3n) is 20.6. The van der Waals surface area contributed by atoms with E-state index >= 15 is 0 Å². The maximum absolute atomic E-state index is 9.35. The first-order chi connectivity index (χ1) is 62.2. The number of unbranched alkanes of at least 4 members (excludes halogenated alkanes) is 5. The first-order valence-electron chi connectivity index (χ1n) is 43.0. The zero-order chi connectivity index (χ0) is 94.5. The fraction of sp³-hybridized carbons (Fsp3) is 0.383. The van der Waals surface area contributed by atoms with Crippen LogP contribution in [-0.4, -0.2) is 141 Å². The number of nitrogens with zero attached hydrogens (tertiary/aromatic N) is 8. The predicted octanol–water partition coefficient (Wildman–Crippen LogP) is 18.3. The van der Waals surface area contributed by atoms with Crippen LogP contribution in [0.25, 0.3) is 44.5 Å². The van der Waals surface area contributed by atoms with E-state index in [1.165, 1.54) is 43.2 Å². The maximum atomic E-state index is 9.35. The Labute approximate surface area is 802 Å². The molecular formula is C94H122Cl8N22O6. The van der Waals surface area contributed by atoms with Gasteiger partial charge in [0.05, 0.1) is 62.8 Å². The van der Waals surface area contributed by atoms with Gasteiger partial charge in [0.25, 0.3) is 0 Å². The van der Waals surface area contributed by atoms with E-state index in [2.05, 4.69) is 183 Å². The van der Waals surface area contributed by atoms with Crippen molar-refractivity contribution in [2.24, 2.45) is 0 Å². The van der Waals surface area contributed by atoms with E-state index in [4.69, 9.17) is 158 Å². The Bertz CT molecular complexity index is 5400. The van der Waals surface area contributed by atoms with E-state index in [9.17, 15) is 10.2 Å². The van der Waals surface area contributed by atoms with Gasteiger partial charge in [-0.3, -0.25) is 0 Å². The number of nitrogens with one attached hydrogen (secondary N) is 6. The van der Waals surface area contributed by atoms with Gasteiger partial charge in [0.2, 0.25) is 23.8 Å². The molecule has 0 radical (unpaired) electrons. The Morgan fingerprint density at radius 2 is 0.562 bits per heavy atom. The van der Waals surface area contributed by atoms with E-state index < -0.39 is 6.29 Å². The molecule has 36 heteroatoms. The minimum atomic E-state index is -1.86. The van der Waals surface area contributed by atoms with E-state index in [0.29, 0.717) is 156 Å². The van der Waals surface area contributed by atoms with Crippen LogP contribution in [0.1, 0.15) is 141 Å². The third-order valence-corrected chi connectivity index (χ3v) is 23.9. The van der Waals surface area contributed by atoms with Crippen LogP contribution < -0.4 is 92.0 Å². The van der Waals surface area contributed by atoms with Gasteiger partial charge in [-0.05, 0) is 191 Å². The number of halogens is 8. The lowest BCUT2D eigenvalue weighted by atomic mass is 10.0. The second-order valence-electron chi connectivity index (χ2n) is 31.4. The van der Waals surface area contributed by atoms with Gasteiger partial charge < -0.3 is 107 Å². The summed E-state index contributed by atoms with van der Waals surface area (Å²) in [5.41, 5.74) is 60.8. The second-order valence-corrected chi connectivity index (χ2v) is 34.5. The molecule has 0 fully saturated rings. The molecule has 130 heavy (non-hydrogen) atoms. The van der Waals surface area contributed by atoms with Crippen molar-refractivity contribution < 1.29 is 29.2 Å². The number of aromatic nitrogens is 8. The highest BCUT2D eigenvalue weighted by Crippen LogP contribution is 2.43. The molecule has 11 aromatic rings. The topological polar surface area (TPSA) is 461 Å². The summed E-state index contributed by atoms with van der Waals surface area (Å²) in [6.07, 6.45) is 8.01. The number of aryl methyl sites for hydroxylation is 6. The summed E-state index contributed by atoms with van der Waals surface area (Å²) in [6, 6.07) is 40.5. The number of benzene rings is 7. The van der Waals surface area contributed by atoms with E-state index in [0.717, 1.165) is 104 Å². The second kappa shape index (κ2) is 54.6. The zero-order valence-electron chi connectivity index (χ0n) is 74.9. The van der Waals surface area contributed by atoms with Gasteiger partial charge in [0, 0.05) is 89.9 Å². The number of nitrogen functional groups attached to an aromatic ring is 8. The molecule has 0 saturated heterocycles. The normalized spacial score (nSPS) is 11.9. The number of aliphatic hydroxyl groups excluding tert-OH is 1. The Balaban J connectivity index is 0.000000219. The van der Waals surface area contributed by atoms with E-state index in [1.54, 1.807) is 36.4 Å². The minimum Gasteiger partial charge on any atom is -0.491 e. The van der Waals surface area contributed by atoms with Gasteiger partial charge >= 0.3 is 0 Å². The molecule has 4 heterocycles. The lowest BCUT2D eigenvalue weighted by Gasteiger charge is -2.18. The van der Waals surface area contributed by atoms with Crippen LogP contribution in [-0.2, 0) is 24.4 Å². The predicted molar refractivity (Wildman–Crippen MR) is 537 cm³/mol. The summed E-state index contributed by atoms with van der Waals surface area (Å²) < 4.78 is 23.9. The van der Waals surface area contributed by atoms with Gasteiger partial charge in [0.1, 0.15) is 66.0 Å². The van der Waals surface area contributed by atoms with Crippen molar-refractivity contribution in [3.05, 3.63) is 224 Å². The van der Waals surface area contributed by atoms with Crippen molar-refractivity contribution in [1.82, 2.24) is 71.8 Å². The van der Waals surface area contributed by atoms with Crippen molar-refractivity contribution in [2.45, 2.75) is 164 Å². The van der Waals surface area contributed by atoms with Gasteiger partial charge in [-0.25, -0.2) is 19.9 Å². The molecule has 0 aliphatic carbocycles. The molecule has 700 valence electrons. The molecule has 24 N–H and O–H groups in total. The van der Waals surface area contributed by atoms with Gasteiger partial charge in [-0.15, -0.1) is 0 Å². The Kier molecular flexibility index (Phi) is 44.5. The first kappa shape index (κ1) is 106. The van der Waals surface area contributed by atoms with Crippen molar-refractivity contribution in [2.75, 3.05) is 118 Å². The minimum absolute atomic E-state index is 0.0141. The number of rotatable bonds is 44. The Hall–Kier alpha value is -9.38. The summed E-state index contributed by atoms with van der Waals surface area (Å²) in [5, 5.41) is 42.6. The Morgan fingerprint density at radius 1 is 0.308 bits per heavy atom. The summed E-state index contributed by atoms with van der Waals surface area (Å²) in [6.45, 7) is 28.8. The fourth-order valence-corrected chi connectivity index (χ4v) is 15.7. The number of anilines is 8. The van der Waals surface area contributed by atoms with Crippen LogP contribution in [0.4, 0.5) is 47.1 Å². The molecule has 0 saturated carbocycles. The molecule has 4 aromatic heterocycles. The third kappa shape index (κ3) is 32.8. The quantitative estimate of drug-likeness (QED) is 0.0125. The summed E-state index contributed by atoms with van der Waals surface area (Å²) in [7, 11) is 0. The highest BCUT2D eigenvalue weighted by molar-refractivity contribution is 6.45. The molecule has 3 atom stereocenters. The van der Waals surface area contributed by atoms with Crippen molar-refractivity contribution >= 4 is 140 Å². The summed E-state index contributed by atoms with van der Waals surface area (Å²) in [4.78, 5) is 33.0. The summed E-state index contributed by atoms with van der Waals surface area (Å²) >= 11 is 49.8. The molecule has 0 aliphatic rings. The van der Waals surface area contributed by atoms with Crippen LogP contribution in [0.3, 0.4) is 0 Å². The molecule has 0 amide bonds. The molecule has 0 bridgehead atoms. The van der Waals surface area contributed by atoms with Crippen LogP contribution in [0, 0.1) is 41.5 Å². The van der Waals surface area contributed by atoms with Crippen molar-refractivity contribution in [3.63, 3.8) is 0 Å². The smallest absolute Gasteiger partial charge is 0.222 e. The number of nitrogens with two attached hydrogens (primary N) is 8. The molecule has 11 rings (SSSR count). The Morgan fingerprint density at radius 3 is 0.892 bits per heavy atom. The van der Waals surface area contributed by atoms with E-state index in [-0.39, 0.29) is 69.6 Å². The summed E-state index contributed by atoms with van der Waals surface area (Å²) in [5.74, 6) is 3.99. The maximum Gasteiger partial charge on any atom is 0.222 e.